The molecule has 0 aromatic carbocycles. The summed E-state index contributed by atoms with van der Waals surface area (Å²) in [5.74, 6) is -0.823. The van der Waals surface area contributed by atoms with Crippen LogP contribution >= 0.6 is 0 Å². The van der Waals surface area contributed by atoms with Crippen LogP contribution in [-0.2, 0) is 14.2 Å². The summed E-state index contributed by atoms with van der Waals surface area (Å²) in [7, 11) is 0. The number of likely N-dealkylation sites (tertiary alicyclic amines) is 1. The fraction of sp³-hybridized carbons (Fsp3) is 0.909. The molecule has 2 aliphatic heterocycles. The Bertz CT molecular complexity index is 307. The molecule has 2 heterocycles. The molecular weight excluding hydrogens is 224 g/mol. The number of carbonyl (C=O) groups excluding carboxylic acids is 1. The van der Waals surface area contributed by atoms with Gasteiger partial charge in [-0.2, -0.15) is 0 Å². The SMILES string of the molecule is CC(C)(C)OC(=O)N1CC(N)C2(C1)OCCO2. The van der Waals surface area contributed by atoms with E-state index >= 15 is 0 Å². The van der Waals surface area contributed by atoms with Crippen LogP contribution in [0.4, 0.5) is 4.79 Å². The summed E-state index contributed by atoms with van der Waals surface area (Å²) in [5.41, 5.74) is 5.46. The van der Waals surface area contributed by atoms with Crippen molar-refractivity contribution in [3.63, 3.8) is 0 Å². The zero-order chi connectivity index (χ0) is 12.7. The lowest BCUT2D eigenvalue weighted by molar-refractivity contribution is -0.153. The maximum Gasteiger partial charge on any atom is 0.410 e. The molecule has 2 saturated heterocycles. The molecule has 0 bridgehead atoms. The van der Waals surface area contributed by atoms with Gasteiger partial charge in [-0.3, -0.25) is 0 Å². The number of nitrogens with zero attached hydrogens (tertiary/aromatic N) is 1. The molecule has 2 N–H and O–H groups in total. The van der Waals surface area contributed by atoms with Crippen LogP contribution in [0.5, 0.6) is 0 Å². The van der Waals surface area contributed by atoms with E-state index in [0.29, 0.717) is 26.3 Å². The number of carbonyl (C=O) groups is 1. The Morgan fingerprint density at radius 1 is 1.41 bits per heavy atom. The van der Waals surface area contributed by atoms with Crippen LogP contribution in [0, 0.1) is 0 Å². The van der Waals surface area contributed by atoms with Crippen molar-refractivity contribution in [1.29, 1.82) is 0 Å². The third-order valence-corrected chi connectivity index (χ3v) is 2.82. The number of rotatable bonds is 0. The van der Waals surface area contributed by atoms with Crippen molar-refractivity contribution in [2.45, 2.75) is 38.2 Å². The molecule has 6 nitrogen and oxygen atoms in total. The molecular formula is C11H20N2O4. The highest BCUT2D eigenvalue weighted by molar-refractivity contribution is 5.68. The maximum absolute atomic E-state index is 11.9. The number of amides is 1. The molecule has 1 spiro atoms. The highest BCUT2D eigenvalue weighted by Gasteiger charge is 2.51. The van der Waals surface area contributed by atoms with Crippen LogP contribution in [0.3, 0.4) is 0 Å². The van der Waals surface area contributed by atoms with E-state index < -0.39 is 11.4 Å². The average Bonchev–Trinajstić information content (AvgIpc) is 2.74. The van der Waals surface area contributed by atoms with E-state index in [1.54, 1.807) is 4.90 Å². The average molecular weight is 244 g/mol. The normalized spacial score (nSPS) is 27.8. The summed E-state index contributed by atoms with van der Waals surface area (Å²) in [6.07, 6.45) is -0.371. The lowest BCUT2D eigenvalue weighted by atomic mass is 10.2. The summed E-state index contributed by atoms with van der Waals surface area (Å²) in [5, 5.41) is 0. The Balaban J connectivity index is 1.99. The van der Waals surface area contributed by atoms with Crippen molar-refractivity contribution in [2.75, 3.05) is 26.3 Å². The molecule has 1 atom stereocenters. The van der Waals surface area contributed by atoms with Gasteiger partial charge in [0, 0.05) is 6.54 Å². The Morgan fingerprint density at radius 2 is 2.00 bits per heavy atom. The Kier molecular flexibility index (Phi) is 3.05. The predicted molar refractivity (Wildman–Crippen MR) is 60.4 cm³/mol. The molecule has 0 aromatic rings. The van der Waals surface area contributed by atoms with Gasteiger partial charge in [0.1, 0.15) is 5.60 Å². The number of hydrogen-bond acceptors (Lipinski definition) is 5. The maximum atomic E-state index is 11.9. The van der Waals surface area contributed by atoms with Crippen LogP contribution in [0.25, 0.3) is 0 Å². The first-order valence-corrected chi connectivity index (χ1v) is 5.84. The van der Waals surface area contributed by atoms with Gasteiger partial charge in [0.2, 0.25) is 5.79 Å². The second-order valence-electron chi connectivity index (χ2n) is 5.48. The molecule has 2 fully saturated rings. The molecule has 2 rings (SSSR count). The molecule has 0 saturated carbocycles. The Morgan fingerprint density at radius 3 is 2.53 bits per heavy atom. The monoisotopic (exact) mass is 244 g/mol. The molecule has 17 heavy (non-hydrogen) atoms. The van der Waals surface area contributed by atoms with Crippen molar-refractivity contribution < 1.29 is 19.0 Å². The van der Waals surface area contributed by atoms with Crippen LogP contribution < -0.4 is 5.73 Å². The van der Waals surface area contributed by atoms with Crippen molar-refractivity contribution in [1.82, 2.24) is 4.90 Å². The predicted octanol–water partition coefficient (Wildman–Crippen LogP) is 0.308. The zero-order valence-corrected chi connectivity index (χ0v) is 10.6. The van der Waals surface area contributed by atoms with Crippen molar-refractivity contribution in [3.8, 4) is 0 Å². The van der Waals surface area contributed by atoms with E-state index in [1.807, 2.05) is 20.8 Å². The minimum Gasteiger partial charge on any atom is -0.444 e. The van der Waals surface area contributed by atoms with E-state index in [2.05, 4.69) is 0 Å². The van der Waals surface area contributed by atoms with Crippen LogP contribution in [0.2, 0.25) is 0 Å². The standard InChI is InChI=1S/C11H20N2O4/c1-10(2,3)17-9(14)13-6-8(12)11(7-13)15-4-5-16-11/h8H,4-7,12H2,1-3H3. The van der Waals surface area contributed by atoms with Gasteiger partial charge in [0.25, 0.3) is 0 Å². The lowest BCUT2D eigenvalue weighted by Crippen LogP contribution is -2.48. The van der Waals surface area contributed by atoms with Gasteiger partial charge in [-0.15, -0.1) is 0 Å². The van der Waals surface area contributed by atoms with E-state index in [1.165, 1.54) is 0 Å². The summed E-state index contributed by atoms with van der Waals surface area (Å²) in [6.45, 7) is 7.28. The molecule has 0 radical (unpaired) electrons. The molecule has 1 unspecified atom stereocenters. The van der Waals surface area contributed by atoms with Gasteiger partial charge >= 0.3 is 6.09 Å². The highest BCUT2D eigenvalue weighted by Crippen LogP contribution is 2.30. The van der Waals surface area contributed by atoms with Crippen LogP contribution in [0.15, 0.2) is 0 Å². The van der Waals surface area contributed by atoms with Gasteiger partial charge < -0.3 is 24.8 Å². The highest BCUT2D eigenvalue weighted by atomic mass is 16.7. The third-order valence-electron chi connectivity index (χ3n) is 2.82. The minimum atomic E-state index is -0.823. The smallest absolute Gasteiger partial charge is 0.410 e. The van der Waals surface area contributed by atoms with Crippen LogP contribution in [-0.4, -0.2) is 54.7 Å². The lowest BCUT2D eigenvalue weighted by Gasteiger charge is -2.26. The number of ether oxygens (including phenoxy) is 3. The van der Waals surface area contributed by atoms with Crippen molar-refractivity contribution >= 4 is 6.09 Å². The van der Waals surface area contributed by atoms with Crippen LogP contribution in [0.1, 0.15) is 20.8 Å². The molecule has 2 aliphatic rings. The van der Waals surface area contributed by atoms with Gasteiger partial charge in [0.05, 0.1) is 25.8 Å². The topological polar surface area (TPSA) is 74.0 Å². The quantitative estimate of drug-likeness (QED) is 0.663. The second kappa shape index (κ2) is 4.12. The first kappa shape index (κ1) is 12.6. The van der Waals surface area contributed by atoms with Gasteiger partial charge in [-0.05, 0) is 20.8 Å². The summed E-state index contributed by atoms with van der Waals surface area (Å²) in [4.78, 5) is 13.4. The molecule has 1 amide bonds. The first-order chi connectivity index (χ1) is 7.82. The van der Waals surface area contributed by atoms with Gasteiger partial charge in [-0.1, -0.05) is 0 Å². The molecule has 98 valence electrons. The largest absolute Gasteiger partial charge is 0.444 e. The Hall–Kier alpha value is -0.850. The summed E-state index contributed by atoms with van der Waals surface area (Å²) in [6, 6.07) is -0.322. The molecule has 0 aromatic heterocycles. The summed E-state index contributed by atoms with van der Waals surface area (Å²) < 4.78 is 16.3. The number of nitrogens with two attached hydrogens (primary N) is 1. The minimum absolute atomic E-state index is 0.322. The van der Waals surface area contributed by atoms with Crippen molar-refractivity contribution in [3.05, 3.63) is 0 Å². The number of hydrogen-bond donors (Lipinski definition) is 1. The van der Waals surface area contributed by atoms with E-state index in [0.717, 1.165) is 0 Å². The van der Waals surface area contributed by atoms with Crippen molar-refractivity contribution in [2.24, 2.45) is 5.73 Å². The van der Waals surface area contributed by atoms with E-state index in [4.69, 9.17) is 19.9 Å². The zero-order valence-electron chi connectivity index (χ0n) is 10.6. The van der Waals surface area contributed by atoms with Gasteiger partial charge in [-0.25, -0.2) is 4.79 Å². The first-order valence-electron chi connectivity index (χ1n) is 5.84. The van der Waals surface area contributed by atoms with E-state index in [-0.39, 0.29) is 12.1 Å². The van der Waals surface area contributed by atoms with Gasteiger partial charge in [0.15, 0.2) is 0 Å². The fourth-order valence-electron chi connectivity index (χ4n) is 2.07. The second-order valence-corrected chi connectivity index (χ2v) is 5.48. The van der Waals surface area contributed by atoms with E-state index in [9.17, 15) is 4.79 Å². The fourth-order valence-corrected chi connectivity index (χ4v) is 2.07. The Labute approximate surface area is 101 Å². The molecule has 0 aliphatic carbocycles. The molecule has 6 heteroatoms. The third kappa shape index (κ3) is 2.53. The summed E-state index contributed by atoms with van der Waals surface area (Å²) >= 11 is 0.